The first-order chi connectivity index (χ1) is 13.1. The number of alkyl halides is 3. The highest BCUT2D eigenvalue weighted by molar-refractivity contribution is 7.60. The quantitative estimate of drug-likeness (QED) is 0.516. The minimum absolute atomic E-state index is 0.153. The molecule has 1 heterocycles. The van der Waals surface area contributed by atoms with E-state index in [0.717, 1.165) is 11.1 Å². The smallest absolute Gasteiger partial charge is 0.329 e. The van der Waals surface area contributed by atoms with Crippen LogP contribution in [0.15, 0.2) is 53.1 Å². The Labute approximate surface area is 164 Å². The van der Waals surface area contributed by atoms with Crippen molar-refractivity contribution < 1.29 is 22.3 Å². The molecule has 28 heavy (non-hydrogen) atoms. The Hall–Kier alpha value is -2.15. The van der Waals surface area contributed by atoms with E-state index in [1.165, 1.54) is 0 Å². The van der Waals surface area contributed by atoms with E-state index in [0.29, 0.717) is 23.3 Å². The van der Waals surface area contributed by atoms with E-state index in [1.54, 1.807) is 43.1 Å². The van der Waals surface area contributed by atoms with E-state index in [-0.39, 0.29) is 5.82 Å². The van der Waals surface area contributed by atoms with Crippen LogP contribution in [0.25, 0.3) is 11.4 Å². The van der Waals surface area contributed by atoms with Gasteiger partial charge in [-0.15, -0.1) is 0 Å². The van der Waals surface area contributed by atoms with E-state index in [9.17, 15) is 17.7 Å². The van der Waals surface area contributed by atoms with Gasteiger partial charge in [0.25, 0.3) is 0 Å². The molecule has 0 aliphatic carbocycles. The molecule has 0 saturated heterocycles. The van der Waals surface area contributed by atoms with Gasteiger partial charge in [0.15, 0.2) is 0 Å². The summed E-state index contributed by atoms with van der Waals surface area (Å²) in [6, 6.07) is 13.7. The van der Waals surface area contributed by atoms with E-state index < -0.39 is 19.4 Å². The predicted octanol–water partition coefficient (Wildman–Crippen LogP) is 5.61. The summed E-state index contributed by atoms with van der Waals surface area (Å²) in [4.78, 5) is 3.35. The molecule has 5 nitrogen and oxygen atoms in total. The molecule has 0 saturated carbocycles. The van der Waals surface area contributed by atoms with E-state index in [1.807, 2.05) is 12.1 Å². The molecule has 1 aromatic heterocycles. The molecule has 148 valence electrons. The maximum absolute atomic E-state index is 12.8. The van der Waals surface area contributed by atoms with Crippen LogP contribution in [0.3, 0.4) is 0 Å². The van der Waals surface area contributed by atoms with Crippen molar-refractivity contribution >= 4 is 18.9 Å². The van der Waals surface area contributed by atoms with E-state index >= 15 is 0 Å². The van der Waals surface area contributed by atoms with Crippen LogP contribution in [0.2, 0.25) is 5.02 Å². The summed E-state index contributed by atoms with van der Waals surface area (Å²) in [5.41, 5.74) is 2.11. The topological polar surface area (TPSA) is 68.0 Å². The van der Waals surface area contributed by atoms with Crippen LogP contribution in [-0.4, -0.2) is 16.8 Å². The maximum Gasteiger partial charge on any atom is 0.471 e. The Bertz CT molecular complexity index is 989. The van der Waals surface area contributed by atoms with Gasteiger partial charge in [0.1, 0.15) is 7.29 Å². The van der Waals surface area contributed by atoms with Crippen LogP contribution >= 0.6 is 18.9 Å². The molecule has 0 fully saturated rings. The minimum atomic E-state index is -4.68. The number of halogens is 4. The molecule has 0 amide bonds. The van der Waals surface area contributed by atoms with Crippen LogP contribution in [-0.2, 0) is 23.4 Å². The molecule has 0 bridgehead atoms. The summed E-state index contributed by atoms with van der Waals surface area (Å²) in [7, 11) is -2.68. The third kappa shape index (κ3) is 5.44. The highest BCUT2D eigenvalue weighted by Crippen LogP contribution is 2.41. The van der Waals surface area contributed by atoms with Crippen molar-refractivity contribution in [3.05, 3.63) is 70.6 Å². The Balaban J connectivity index is 1.63. The largest absolute Gasteiger partial charge is 0.471 e. The molecule has 3 rings (SSSR count). The number of aromatic nitrogens is 2. The summed E-state index contributed by atoms with van der Waals surface area (Å²) >= 11 is 5.84. The summed E-state index contributed by atoms with van der Waals surface area (Å²) in [5, 5.41) is 7.03. The number of hydrogen-bond donors (Lipinski definition) is 1. The minimum Gasteiger partial charge on any atom is -0.329 e. The standard InChI is InChI=1S/C18H16ClF3N3O2P/c1-28(26,23-10-12-4-8-15(19)9-5-12)11-13-2-6-14(7-3-13)16-24-17(27-25-16)18(20,21)22/h2-9H,10-11H2,1H3,(H,23,26). The fraction of sp³-hybridized carbons (Fsp3) is 0.222. The highest BCUT2D eigenvalue weighted by atomic mass is 35.5. The van der Waals surface area contributed by atoms with Crippen molar-refractivity contribution in [3.8, 4) is 11.4 Å². The second-order valence-electron chi connectivity index (χ2n) is 6.34. The molecular weight excluding hydrogens is 414 g/mol. The Kier molecular flexibility index (Phi) is 5.93. The van der Waals surface area contributed by atoms with Gasteiger partial charge in [0.05, 0.1) is 0 Å². The van der Waals surface area contributed by atoms with Crippen LogP contribution in [0, 0.1) is 0 Å². The zero-order chi connectivity index (χ0) is 20.4. The van der Waals surface area contributed by atoms with Gasteiger partial charge in [-0.25, -0.2) is 0 Å². The van der Waals surface area contributed by atoms with Crippen molar-refractivity contribution in [2.75, 3.05) is 6.66 Å². The summed E-state index contributed by atoms with van der Waals surface area (Å²) in [5.74, 6) is -1.55. The van der Waals surface area contributed by atoms with Gasteiger partial charge in [0, 0.05) is 30.0 Å². The van der Waals surface area contributed by atoms with Gasteiger partial charge in [-0.3, -0.25) is 5.09 Å². The van der Waals surface area contributed by atoms with Crippen molar-refractivity contribution in [1.29, 1.82) is 0 Å². The first-order valence-electron chi connectivity index (χ1n) is 8.19. The van der Waals surface area contributed by atoms with Crippen LogP contribution < -0.4 is 5.09 Å². The molecule has 0 aliphatic rings. The van der Waals surface area contributed by atoms with E-state index in [4.69, 9.17) is 11.6 Å². The fourth-order valence-corrected chi connectivity index (χ4v) is 4.14. The molecule has 2 aromatic carbocycles. The highest BCUT2D eigenvalue weighted by Gasteiger charge is 2.38. The lowest BCUT2D eigenvalue weighted by molar-refractivity contribution is -0.159. The average molecular weight is 430 g/mol. The lowest BCUT2D eigenvalue weighted by Gasteiger charge is -2.15. The van der Waals surface area contributed by atoms with E-state index in [2.05, 4.69) is 19.8 Å². The SMILES string of the molecule is CP(=O)(Cc1ccc(-c2noc(C(F)(F)F)n2)cc1)NCc1ccc(Cl)cc1. The van der Waals surface area contributed by atoms with Gasteiger partial charge in [-0.2, -0.15) is 18.2 Å². The molecule has 3 aromatic rings. The van der Waals surface area contributed by atoms with Crippen LogP contribution in [0.4, 0.5) is 13.2 Å². The number of rotatable bonds is 6. The number of nitrogens with one attached hydrogen (secondary N) is 1. The monoisotopic (exact) mass is 429 g/mol. The zero-order valence-electron chi connectivity index (χ0n) is 14.7. The molecular formula is C18H16ClF3N3O2P. The number of hydrogen-bond acceptors (Lipinski definition) is 4. The summed E-state index contributed by atoms with van der Waals surface area (Å²) < 4.78 is 54.6. The number of nitrogens with zero attached hydrogens (tertiary/aromatic N) is 2. The second-order valence-corrected chi connectivity index (χ2v) is 9.61. The molecule has 0 radical (unpaired) electrons. The Morgan fingerprint density at radius 2 is 1.68 bits per heavy atom. The maximum atomic E-state index is 12.8. The molecule has 0 spiro atoms. The third-order valence-electron chi connectivity index (χ3n) is 3.90. The first kappa shape index (κ1) is 20.6. The lowest BCUT2D eigenvalue weighted by atomic mass is 10.1. The van der Waals surface area contributed by atoms with Gasteiger partial charge in [-0.1, -0.05) is 53.2 Å². The van der Waals surface area contributed by atoms with Crippen molar-refractivity contribution in [1.82, 2.24) is 15.2 Å². The third-order valence-corrected chi connectivity index (χ3v) is 5.94. The normalized spacial score (nSPS) is 14.0. The predicted molar refractivity (Wildman–Crippen MR) is 100 cm³/mol. The van der Waals surface area contributed by atoms with Crippen molar-refractivity contribution in [2.24, 2.45) is 0 Å². The zero-order valence-corrected chi connectivity index (χ0v) is 16.4. The van der Waals surface area contributed by atoms with Crippen molar-refractivity contribution in [2.45, 2.75) is 18.9 Å². The summed E-state index contributed by atoms with van der Waals surface area (Å²) in [6.07, 6.45) is -4.39. The van der Waals surface area contributed by atoms with Crippen molar-refractivity contribution in [3.63, 3.8) is 0 Å². The molecule has 10 heteroatoms. The second kappa shape index (κ2) is 8.07. The first-order valence-corrected chi connectivity index (χ1v) is 10.9. The molecule has 0 aliphatic heterocycles. The Morgan fingerprint density at radius 3 is 2.25 bits per heavy atom. The lowest BCUT2D eigenvalue weighted by Crippen LogP contribution is -2.10. The van der Waals surface area contributed by atoms with Gasteiger partial charge >= 0.3 is 12.1 Å². The number of benzene rings is 2. The van der Waals surface area contributed by atoms with Gasteiger partial charge in [-0.05, 0) is 23.3 Å². The van der Waals surface area contributed by atoms with Gasteiger partial charge < -0.3 is 9.09 Å². The Morgan fingerprint density at radius 1 is 1.07 bits per heavy atom. The molecule has 1 atom stereocenters. The van der Waals surface area contributed by atoms with Crippen LogP contribution in [0.1, 0.15) is 17.0 Å². The average Bonchev–Trinajstić information content (AvgIpc) is 3.12. The molecule has 1 N–H and O–H groups in total. The summed E-state index contributed by atoms with van der Waals surface area (Å²) in [6.45, 7) is 2.08. The fourth-order valence-electron chi connectivity index (χ4n) is 2.48. The van der Waals surface area contributed by atoms with Crippen LogP contribution in [0.5, 0.6) is 0 Å². The molecule has 1 unspecified atom stereocenters. The van der Waals surface area contributed by atoms with Gasteiger partial charge in [0.2, 0.25) is 5.82 Å².